The number of nitrogens with one attached hydrogen (secondary N) is 1. The largest absolute Gasteiger partial charge is 0.378 e. The maximum Gasteiger partial charge on any atom is 0.186 e. The van der Waals surface area contributed by atoms with E-state index in [1.165, 1.54) is 0 Å². The summed E-state index contributed by atoms with van der Waals surface area (Å²) in [5.74, 6) is 0. The molecule has 0 saturated carbocycles. The predicted octanol–water partition coefficient (Wildman–Crippen LogP) is 4.08. The van der Waals surface area contributed by atoms with E-state index in [2.05, 4.69) is 21.6 Å². The topological polar surface area (TPSA) is 61.6 Å². The second-order valence-electron chi connectivity index (χ2n) is 5.04. The van der Waals surface area contributed by atoms with Crippen LogP contribution in [-0.2, 0) is 6.54 Å². The van der Waals surface area contributed by atoms with Crippen molar-refractivity contribution in [3.05, 3.63) is 64.3 Å². The molecule has 0 bridgehead atoms. The summed E-state index contributed by atoms with van der Waals surface area (Å²) in [6.07, 6.45) is 0. The van der Waals surface area contributed by atoms with Gasteiger partial charge in [-0.1, -0.05) is 35.4 Å². The van der Waals surface area contributed by atoms with Crippen LogP contribution in [0.2, 0.25) is 5.02 Å². The van der Waals surface area contributed by atoms with Crippen LogP contribution in [0, 0.1) is 18.3 Å². The summed E-state index contributed by atoms with van der Waals surface area (Å²) < 4.78 is 0. The van der Waals surface area contributed by atoms with Gasteiger partial charge in [0.05, 0.1) is 11.2 Å². The molecular formula is C17H13ClN4. The van der Waals surface area contributed by atoms with Crippen LogP contribution in [0.15, 0.2) is 42.5 Å². The maximum atomic E-state index is 9.27. The molecule has 0 spiro atoms. The number of aryl methyl sites for hydroxylation is 1. The van der Waals surface area contributed by atoms with Gasteiger partial charge in [-0.25, -0.2) is 0 Å². The number of anilines is 1. The van der Waals surface area contributed by atoms with E-state index >= 15 is 0 Å². The highest BCUT2D eigenvalue weighted by molar-refractivity contribution is 6.30. The quantitative estimate of drug-likeness (QED) is 0.792. The molecule has 1 heterocycles. The molecule has 2 aromatic carbocycles. The Bertz CT molecular complexity index is 866. The first-order valence-electron chi connectivity index (χ1n) is 6.83. The summed E-state index contributed by atoms with van der Waals surface area (Å²) in [7, 11) is 0. The first-order chi connectivity index (χ1) is 10.7. The first-order valence-corrected chi connectivity index (χ1v) is 7.20. The molecular weight excluding hydrogens is 296 g/mol. The van der Waals surface area contributed by atoms with Crippen molar-refractivity contribution in [1.29, 1.82) is 5.26 Å². The van der Waals surface area contributed by atoms with Gasteiger partial charge in [0.2, 0.25) is 0 Å². The van der Waals surface area contributed by atoms with Crippen LogP contribution in [0.1, 0.15) is 16.8 Å². The minimum Gasteiger partial charge on any atom is -0.378 e. The third kappa shape index (κ3) is 2.85. The zero-order valence-electron chi connectivity index (χ0n) is 12.0. The third-order valence-electron chi connectivity index (χ3n) is 3.40. The Morgan fingerprint density at radius 2 is 1.91 bits per heavy atom. The lowest BCUT2D eigenvalue weighted by Gasteiger charge is -2.11. The highest BCUT2D eigenvalue weighted by Crippen LogP contribution is 2.25. The predicted molar refractivity (Wildman–Crippen MR) is 87.8 cm³/mol. The van der Waals surface area contributed by atoms with Gasteiger partial charge in [0, 0.05) is 17.0 Å². The molecule has 0 unspecified atom stereocenters. The fourth-order valence-electron chi connectivity index (χ4n) is 2.27. The van der Waals surface area contributed by atoms with Crippen LogP contribution in [0.25, 0.3) is 10.9 Å². The molecule has 1 N–H and O–H groups in total. The number of nitriles is 1. The number of fused-ring (bicyclic) bond motifs is 1. The molecule has 0 aliphatic rings. The number of halogens is 1. The maximum absolute atomic E-state index is 9.27. The van der Waals surface area contributed by atoms with Gasteiger partial charge < -0.3 is 5.32 Å². The van der Waals surface area contributed by atoms with E-state index in [1.807, 2.05) is 49.4 Å². The summed E-state index contributed by atoms with van der Waals surface area (Å²) in [6.45, 7) is 2.59. The Kier molecular flexibility index (Phi) is 3.90. The fraction of sp³-hybridized carbons (Fsp3) is 0.118. The molecule has 22 heavy (non-hydrogen) atoms. The van der Waals surface area contributed by atoms with Crippen molar-refractivity contribution in [3.8, 4) is 6.07 Å². The van der Waals surface area contributed by atoms with Crippen molar-refractivity contribution >= 4 is 28.2 Å². The molecule has 3 rings (SSSR count). The Balaban J connectivity index is 1.99. The number of nitrogens with zero attached hydrogens (tertiary/aromatic N) is 3. The monoisotopic (exact) mass is 308 g/mol. The smallest absolute Gasteiger partial charge is 0.186 e. The van der Waals surface area contributed by atoms with Crippen molar-refractivity contribution < 1.29 is 0 Å². The fourth-order valence-corrected chi connectivity index (χ4v) is 2.39. The lowest BCUT2D eigenvalue weighted by atomic mass is 10.1. The highest BCUT2D eigenvalue weighted by Gasteiger charge is 2.10. The molecule has 0 fully saturated rings. The molecule has 0 aliphatic heterocycles. The molecule has 1 aromatic heterocycles. The molecule has 5 heteroatoms. The lowest BCUT2D eigenvalue weighted by molar-refractivity contribution is 1.04. The third-order valence-corrected chi connectivity index (χ3v) is 3.66. The molecule has 0 amide bonds. The number of rotatable bonds is 3. The van der Waals surface area contributed by atoms with E-state index in [-0.39, 0.29) is 0 Å². The second-order valence-corrected chi connectivity index (χ2v) is 5.47. The molecule has 108 valence electrons. The van der Waals surface area contributed by atoms with Crippen LogP contribution in [0.3, 0.4) is 0 Å². The summed E-state index contributed by atoms with van der Waals surface area (Å²) in [5, 5.41) is 22.3. The van der Waals surface area contributed by atoms with Crippen LogP contribution < -0.4 is 5.32 Å². The normalized spacial score (nSPS) is 10.4. The Hall–Kier alpha value is -2.64. The van der Waals surface area contributed by atoms with E-state index < -0.39 is 0 Å². The van der Waals surface area contributed by atoms with Crippen molar-refractivity contribution in [1.82, 2.24) is 10.2 Å². The number of benzene rings is 2. The van der Waals surface area contributed by atoms with Gasteiger partial charge in [0.15, 0.2) is 5.69 Å². The SMILES string of the molecule is Cc1ccc2nnc(C#N)c(NCc3ccc(Cl)cc3)c2c1. The number of hydrogen-bond acceptors (Lipinski definition) is 4. The van der Waals surface area contributed by atoms with Crippen molar-refractivity contribution in [3.63, 3.8) is 0 Å². The summed E-state index contributed by atoms with van der Waals surface area (Å²) in [6, 6.07) is 15.6. The average Bonchev–Trinajstić information content (AvgIpc) is 2.54. The minimum atomic E-state index is 0.298. The van der Waals surface area contributed by atoms with Gasteiger partial charge in [0.1, 0.15) is 6.07 Å². The molecule has 3 aromatic rings. The van der Waals surface area contributed by atoms with Crippen LogP contribution in [-0.4, -0.2) is 10.2 Å². The van der Waals surface area contributed by atoms with Gasteiger partial charge in [-0.2, -0.15) is 5.26 Å². The molecule has 0 radical (unpaired) electrons. The van der Waals surface area contributed by atoms with Gasteiger partial charge in [-0.3, -0.25) is 0 Å². The van der Waals surface area contributed by atoms with E-state index in [9.17, 15) is 5.26 Å². The van der Waals surface area contributed by atoms with Crippen LogP contribution in [0.5, 0.6) is 0 Å². The van der Waals surface area contributed by atoms with E-state index in [1.54, 1.807) is 0 Å². The van der Waals surface area contributed by atoms with Gasteiger partial charge in [0.25, 0.3) is 0 Å². The van der Waals surface area contributed by atoms with E-state index in [0.29, 0.717) is 22.9 Å². The minimum absolute atomic E-state index is 0.298. The van der Waals surface area contributed by atoms with Crippen LogP contribution in [0.4, 0.5) is 5.69 Å². The number of aromatic nitrogens is 2. The van der Waals surface area contributed by atoms with E-state index in [0.717, 1.165) is 22.0 Å². The van der Waals surface area contributed by atoms with Crippen LogP contribution >= 0.6 is 11.6 Å². The zero-order chi connectivity index (χ0) is 15.5. The second kappa shape index (κ2) is 6.00. The molecule has 0 atom stereocenters. The summed E-state index contributed by atoms with van der Waals surface area (Å²) in [4.78, 5) is 0. The van der Waals surface area contributed by atoms with Crippen molar-refractivity contribution in [2.45, 2.75) is 13.5 Å². The lowest BCUT2D eigenvalue weighted by Crippen LogP contribution is -2.04. The average molecular weight is 309 g/mol. The van der Waals surface area contributed by atoms with Gasteiger partial charge >= 0.3 is 0 Å². The van der Waals surface area contributed by atoms with Crippen molar-refractivity contribution in [2.75, 3.05) is 5.32 Å². The molecule has 4 nitrogen and oxygen atoms in total. The first kappa shape index (κ1) is 14.3. The molecule has 0 saturated heterocycles. The summed E-state index contributed by atoms with van der Waals surface area (Å²) >= 11 is 5.89. The Morgan fingerprint density at radius 1 is 1.14 bits per heavy atom. The Morgan fingerprint density at radius 3 is 2.64 bits per heavy atom. The van der Waals surface area contributed by atoms with Gasteiger partial charge in [-0.05, 0) is 36.8 Å². The zero-order valence-corrected chi connectivity index (χ0v) is 12.7. The van der Waals surface area contributed by atoms with Crippen molar-refractivity contribution in [2.24, 2.45) is 0 Å². The summed E-state index contributed by atoms with van der Waals surface area (Å²) in [5.41, 5.74) is 3.96. The standard InChI is InChI=1S/C17H13ClN4/c1-11-2-7-15-14(8-11)17(16(9-19)22-21-15)20-10-12-3-5-13(18)6-4-12/h2-8H,10H2,1H3,(H,20,21). The molecule has 0 aliphatic carbocycles. The Labute approximate surface area is 133 Å². The van der Waals surface area contributed by atoms with Gasteiger partial charge in [-0.15, -0.1) is 10.2 Å². The highest BCUT2D eigenvalue weighted by atomic mass is 35.5. The number of hydrogen-bond donors (Lipinski definition) is 1. The van der Waals surface area contributed by atoms with E-state index in [4.69, 9.17) is 11.6 Å².